The van der Waals surface area contributed by atoms with Gasteiger partial charge in [-0.2, -0.15) is 0 Å². The molecule has 1 heterocycles. The molecule has 2 aromatic carbocycles. The lowest BCUT2D eigenvalue weighted by Crippen LogP contribution is -2.45. The van der Waals surface area contributed by atoms with Crippen LogP contribution in [0.5, 0.6) is 11.5 Å². The van der Waals surface area contributed by atoms with Crippen molar-refractivity contribution in [2.75, 3.05) is 31.5 Å². The van der Waals surface area contributed by atoms with Crippen molar-refractivity contribution in [2.24, 2.45) is 0 Å². The number of nitrogens with one attached hydrogen (secondary N) is 1. The summed E-state index contributed by atoms with van der Waals surface area (Å²) in [6.07, 6.45) is 1.10. The zero-order valence-corrected chi connectivity index (χ0v) is 17.9. The first-order valence-corrected chi connectivity index (χ1v) is 11.4. The molecule has 8 nitrogen and oxygen atoms in total. The maximum Gasteiger partial charge on any atom is 0.255 e. The monoisotopic (exact) mass is 432 g/mol. The Kier molecular flexibility index (Phi) is 6.31. The van der Waals surface area contributed by atoms with E-state index in [1.54, 1.807) is 30.3 Å². The Labute approximate surface area is 175 Å². The van der Waals surface area contributed by atoms with Gasteiger partial charge in [0.2, 0.25) is 5.91 Å². The first-order chi connectivity index (χ1) is 14.2. The van der Waals surface area contributed by atoms with E-state index in [0.717, 1.165) is 11.8 Å². The SMILES string of the molecule is COc1ccc(NC(=O)[C@@H](CCS(C)(=O)=O)N2Cc3ccccc3C2=O)c(OC)c1. The summed E-state index contributed by atoms with van der Waals surface area (Å²) in [7, 11) is -0.338. The predicted octanol–water partition coefficient (Wildman–Crippen LogP) is 2.10. The van der Waals surface area contributed by atoms with Gasteiger partial charge in [0.25, 0.3) is 5.91 Å². The molecule has 2 amide bonds. The van der Waals surface area contributed by atoms with Crippen LogP contribution in [-0.4, -0.2) is 57.4 Å². The minimum Gasteiger partial charge on any atom is -0.497 e. The van der Waals surface area contributed by atoms with Gasteiger partial charge in [-0.05, 0) is 30.2 Å². The van der Waals surface area contributed by atoms with Crippen LogP contribution in [-0.2, 0) is 21.2 Å². The van der Waals surface area contributed by atoms with Gasteiger partial charge < -0.3 is 19.7 Å². The summed E-state index contributed by atoms with van der Waals surface area (Å²) < 4.78 is 33.9. The molecule has 2 aromatic rings. The number of methoxy groups -OCH3 is 2. The van der Waals surface area contributed by atoms with Crippen LogP contribution >= 0.6 is 0 Å². The van der Waals surface area contributed by atoms with Gasteiger partial charge in [-0.1, -0.05) is 18.2 Å². The van der Waals surface area contributed by atoms with Crippen molar-refractivity contribution in [3.8, 4) is 11.5 Å². The predicted molar refractivity (Wildman–Crippen MR) is 113 cm³/mol. The molecule has 1 aliphatic rings. The highest BCUT2D eigenvalue weighted by molar-refractivity contribution is 7.90. The van der Waals surface area contributed by atoms with E-state index in [0.29, 0.717) is 22.7 Å². The van der Waals surface area contributed by atoms with Crippen LogP contribution in [0.15, 0.2) is 42.5 Å². The van der Waals surface area contributed by atoms with Crippen molar-refractivity contribution < 1.29 is 27.5 Å². The molecule has 1 N–H and O–H groups in total. The van der Waals surface area contributed by atoms with E-state index in [-0.39, 0.29) is 24.6 Å². The topological polar surface area (TPSA) is 102 Å². The normalized spacial score (nSPS) is 14.2. The minimum atomic E-state index is -3.32. The molecule has 30 heavy (non-hydrogen) atoms. The molecule has 1 aliphatic heterocycles. The van der Waals surface area contributed by atoms with Crippen molar-refractivity contribution in [2.45, 2.75) is 19.0 Å². The molecular formula is C21H24N2O6S. The highest BCUT2D eigenvalue weighted by atomic mass is 32.2. The first-order valence-electron chi connectivity index (χ1n) is 9.33. The van der Waals surface area contributed by atoms with Gasteiger partial charge in [-0.25, -0.2) is 8.42 Å². The average Bonchev–Trinajstić information content (AvgIpc) is 3.04. The lowest BCUT2D eigenvalue weighted by atomic mass is 10.1. The number of fused-ring (bicyclic) bond motifs is 1. The average molecular weight is 432 g/mol. The quantitative estimate of drug-likeness (QED) is 0.685. The summed E-state index contributed by atoms with van der Waals surface area (Å²) in [4.78, 5) is 27.4. The van der Waals surface area contributed by atoms with E-state index in [2.05, 4.69) is 5.32 Å². The molecule has 0 saturated heterocycles. The van der Waals surface area contributed by atoms with E-state index < -0.39 is 21.8 Å². The van der Waals surface area contributed by atoms with E-state index in [1.165, 1.54) is 19.1 Å². The summed E-state index contributed by atoms with van der Waals surface area (Å²) in [6, 6.07) is 11.1. The van der Waals surface area contributed by atoms with Crippen molar-refractivity contribution in [1.29, 1.82) is 0 Å². The molecule has 0 aromatic heterocycles. The number of sulfone groups is 1. The fourth-order valence-corrected chi connectivity index (χ4v) is 4.05. The van der Waals surface area contributed by atoms with Crippen LogP contribution in [0, 0.1) is 0 Å². The Morgan fingerprint density at radius 3 is 2.53 bits per heavy atom. The number of hydrogen-bond donors (Lipinski definition) is 1. The molecule has 0 bridgehead atoms. The van der Waals surface area contributed by atoms with Gasteiger partial charge in [0, 0.05) is 24.4 Å². The van der Waals surface area contributed by atoms with Crippen molar-refractivity contribution in [1.82, 2.24) is 4.90 Å². The van der Waals surface area contributed by atoms with E-state index in [4.69, 9.17) is 9.47 Å². The number of carbonyl (C=O) groups excluding carboxylic acids is 2. The number of anilines is 1. The second kappa shape index (κ2) is 8.74. The summed E-state index contributed by atoms with van der Waals surface area (Å²) in [5, 5.41) is 2.77. The van der Waals surface area contributed by atoms with Gasteiger partial charge in [0.15, 0.2) is 0 Å². The number of ether oxygens (including phenoxy) is 2. The number of rotatable bonds is 8. The van der Waals surface area contributed by atoms with Gasteiger partial charge in [0.05, 0.1) is 25.7 Å². The molecule has 3 rings (SSSR count). The Bertz CT molecular complexity index is 1070. The third kappa shape index (κ3) is 4.73. The van der Waals surface area contributed by atoms with Gasteiger partial charge >= 0.3 is 0 Å². The summed E-state index contributed by atoms with van der Waals surface area (Å²) in [5.41, 5.74) is 1.73. The number of hydrogen-bond acceptors (Lipinski definition) is 6. The van der Waals surface area contributed by atoms with Crippen molar-refractivity contribution in [3.05, 3.63) is 53.6 Å². The number of carbonyl (C=O) groups is 2. The first kappa shape index (κ1) is 21.6. The Hall–Kier alpha value is -3.07. The van der Waals surface area contributed by atoms with Crippen molar-refractivity contribution >= 4 is 27.3 Å². The van der Waals surface area contributed by atoms with Crippen LogP contribution in [0.25, 0.3) is 0 Å². The fourth-order valence-electron chi connectivity index (χ4n) is 3.40. The smallest absolute Gasteiger partial charge is 0.255 e. The van der Waals surface area contributed by atoms with Crippen LogP contribution in [0.2, 0.25) is 0 Å². The lowest BCUT2D eigenvalue weighted by molar-refractivity contribution is -0.120. The highest BCUT2D eigenvalue weighted by Gasteiger charge is 2.36. The van der Waals surface area contributed by atoms with Gasteiger partial charge in [0.1, 0.15) is 27.4 Å². The molecule has 160 valence electrons. The third-order valence-corrected chi connectivity index (χ3v) is 5.93. The standard InChI is InChI=1S/C21H24N2O6S/c1-28-15-8-9-17(19(12-15)29-2)22-20(24)18(10-11-30(3,26)27)23-13-14-6-4-5-7-16(14)21(23)25/h4-9,12,18H,10-11,13H2,1-3H3,(H,22,24)/t18-/m1/s1. The minimum absolute atomic E-state index is 0.0110. The molecule has 0 unspecified atom stereocenters. The second-order valence-electron chi connectivity index (χ2n) is 7.08. The van der Waals surface area contributed by atoms with Crippen molar-refractivity contribution in [3.63, 3.8) is 0 Å². The van der Waals surface area contributed by atoms with E-state index >= 15 is 0 Å². The zero-order valence-electron chi connectivity index (χ0n) is 17.0. The molecule has 0 radical (unpaired) electrons. The Balaban J connectivity index is 1.87. The second-order valence-corrected chi connectivity index (χ2v) is 9.34. The molecule has 0 spiro atoms. The third-order valence-electron chi connectivity index (χ3n) is 4.96. The van der Waals surface area contributed by atoms with Crippen LogP contribution in [0.3, 0.4) is 0 Å². The Morgan fingerprint density at radius 2 is 1.90 bits per heavy atom. The molecule has 0 fully saturated rings. The zero-order chi connectivity index (χ0) is 21.9. The number of benzene rings is 2. The fraction of sp³-hybridized carbons (Fsp3) is 0.333. The largest absolute Gasteiger partial charge is 0.497 e. The van der Waals surface area contributed by atoms with Crippen LogP contribution in [0.4, 0.5) is 5.69 Å². The Morgan fingerprint density at radius 1 is 1.17 bits per heavy atom. The van der Waals surface area contributed by atoms with Crippen LogP contribution in [0.1, 0.15) is 22.3 Å². The molecule has 9 heteroatoms. The van der Waals surface area contributed by atoms with Gasteiger partial charge in [-0.3, -0.25) is 9.59 Å². The summed E-state index contributed by atoms with van der Waals surface area (Å²) >= 11 is 0. The molecule has 0 saturated carbocycles. The maximum absolute atomic E-state index is 13.1. The lowest BCUT2D eigenvalue weighted by Gasteiger charge is -2.27. The van der Waals surface area contributed by atoms with E-state index in [1.807, 2.05) is 12.1 Å². The highest BCUT2D eigenvalue weighted by Crippen LogP contribution is 2.31. The van der Waals surface area contributed by atoms with Gasteiger partial charge in [-0.15, -0.1) is 0 Å². The van der Waals surface area contributed by atoms with Crippen LogP contribution < -0.4 is 14.8 Å². The molecule has 1 atom stereocenters. The number of nitrogens with zero attached hydrogens (tertiary/aromatic N) is 1. The van der Waals surface area contributed by atoms with E-state index in [9.17, 15) is 18.0 Å². The maximum atomic E-state index is 13.1. The molecular weight excluding hydrogens is 408 g/mol. The summed E-state index contributed by atoms with van der Waals surface area (Å²) in [5.74, 6) is -0.0428. The summed E-state index contributed by atoms with van der Waals surface area (Å²) in [6.45, 7) is 0.247. The molecule has 0 aliphatic carbocycles. The number of amides is 2.